The van der Waals surface area contributed by atoms with Crippen molar-refractivity contribution in [3.63, 3.8) is 0 Å². The Balaban J connectivity index is 0.00000225. The predicted molar refractivity (Wildman–Crippen MR) is 76.1 cm³/mol. The van der Waals surface area contributed by atoms with Crippen LogP contribution in [-0.4, -0.2) is 30.3 Å². The second-order valence-corrected chi connectivity index (χ2v) is 5.42. The average molecular weight is 251 g/mol. The molecule has 1 nitrogen and oxygen atoms in total. The Morgan fingerprint density at radius 2 is 2.12 bits per heavy atom. The van der Waals surface area contributed by atoms with Gasteiger partial charge in [0.1, 0.15) is 0 Å². The SMILES string of the molecule is Cc1cccc(Cl)c1C(=O)CCC(C)P.[LiH]. The number of carbonyl (C=O) groups is 1. The zero-order valence-corrected chi connectivity index (χ0v) is 11.0. The van der Waals surface area contributed by atoms with Gasteiger partial charge in [-0.25, -0.2) is 0 Å². The summed E-state index contributed by atoms with van der Waals surface area (Å²) in [6.07, 6.45) is 1.45. The van der Waals surface area contributed by atoms with Gasteiger partial charge in [-0.3, -0.25) is 4.79 Å². The van der Waals surface area contributed by atoms with Gasteiger partial charge >= 0.3 is 18.9 Å². The van der Waals surface area contributed by atoms with Gasteiger partial charge in [0.05, 0.1) is 5.02 Å². The Bertz CT molecular complexity index is 346. The van der Waals surface area contributed by atoms with E-state index in [1.165, 1.54) is 0 Å². The normalized spacial score (nSPS) is 11.8. The number of carbonyl (C=O) groups excluding carboxylic acids is 1. The fourth-order valence-electron chi connectivity index (χ4n) is 1.47. The topological polar surface area (TPSA) is 17.1 Å². The van der Waals surface area contributed by atoms with E-state index in [-0.39, 0.29) is 24.6 Å². The quantitative estimate of drug-likeness (QED) is 0.456. The summed E-state index contributed by atoms with van der Waals surface area (Å²) in [5.41, 5.74) is 2.12. The molecule has 1 aromatic rings. The molecule has 0 amide bonds. The van der Waals surface area contributed by atoms with Gasteiger partial charge in [-0.2, -0.15) is 0 Å². The van der Waals surface area contributed by atoms with Crippen molar-refractivity contribution >= 4 is 45.5 Å². The molecule has 1 rings (SSSR count). The van der Waals surface area contributed by atoms with E-state index in [4.69, 9.17) is 11.6 Å². The first-order valence-corrected chi connectivity index (χ1v) is 6.10. The Morgan fingerprint density at radius 3 is 2.62 bits per heavy atom. The molecule has 0 aliphatic heterocycles. The summed E-state index contributed by atoms with van der Waals surface area (Å²) in [5, 5.41) is 0.566. The predicted octanol–water partition coefficient (Wildman–Crippen LogP) is 3.23. The zero-order valence-electron chi connectivity index (χ0n) is 9.09. The van der Waals surface area contributed by atoms with Crippen LogP contribution in [0.5, 0.6) is 0 Å². The molecule has 0 aliphatic carbocycles. The molecule has 0 saturated heterocycles. The van der Waals surface area contributed by atoms with Crippen molar-refractivity contribution in [1.29, 1.82) is 0 Å². The van der Waals surface area contributed by atoms with Crippen LogP contribution in [-0.2, 0) is 0 Å². The minimum atomic E-state index is 0. The van der Waals surface area contributed by atoms with Crippen LogP contribution in [0, 0.1) is 6.92 Å². The summed E-state index contributed by atoms with van der Waals surface area (Å²) in [5.74, 6) is 0.146. The monoisotopic (exact) mass is 250 g/mol. The van der Waals surface area contributed by atoms with E-state index in [1.807, 2.05) is 19.1 Å². The van der Waals surface area contributed by atoms with E-state index in [2.05, 4.69) is 16.2 Å². The molecule has 84 valence electrons. The van der Waals surface area contributed by atoms with Crippen LogP contribution in [0.15, 0.2) is 18.2 Å². The molecular formula is C12H17ClLiOP. The fourth-order valence-corrected chi connectivity index (χ4v) is 1.96. The number of hydrogen-bond donors (Lipinski definition) is 0. The summed E-state index contributed by atoms with van der Waals surface area (Å²) in [4.78, 5) is 11.9. The molecular weight excluding hydrogens is 233 g/mol. The van der Waals surface area contributed by atoms with Gasteiger partial charge < -0.3 is 0 Å². The molecule has 0 aromatic heterocycles. The van der Waals surface area contributed by atoms with E-state index in [1.54, 1.807) is 6.07 Å². The van der Waals surface area contributed by atoms with Crippen LogP contribution in [0.3, 0.4) is 0 Å². The molecule has 0 N–H and O–H groups in total. The third-order valence-electron chi connectivity index (χ3n) is 2.33. The fraction of sp³-hybridized carbons (Fsp3) is 0.417. The first-order chi connectivity index (χ1) is 7.02. The van der Waals surface area contributed by atoms with Crippen molar-refractivity contribution in [3.8, 4) is 0 Å². The summed E-state index contributed by atoms with van der Waals surface area (Å²) in [6.45, 7) is 4.00. The number of ketones is 1. The number of halogens is 1. The summed E-state index contributed by atoms with van der Waals surface area (Å²) < 4.78 is 0. The standard InChI is InChI=1S/C12H16ClOP.Li.H/c1-8-4-3-5-10(13)12(8)11(14)7-6-9(2)15;;/h3-5,9H,6-7,15H2,1-2H3;;. The molecule has 2 unspecified atom stereocenters. The Kier molecular flexibility index (Phi) is 7.61. The van der Waals surface area contributed by atoms with E-state index in [9.17, 15) is 4.79 Å². The van der Waals surface area contributed by atoms with Crippen LogP contribution in [0.1, 0.15) is 35.7 Å². The van der Waals surface area contributed by atoms with Gasteiger partial charge in [0.15, 0.2) is 5.78 Å². The van der Waals surface area contributed by atoms with Crippen molar-refractivity contribution in [1.82, 2.24) is 0 Å². The third kappa shape index (κ3) is 4.60. The van der Waals surface area contributed by atoms with Crippen LogP contribution in [0.25, 0.3) is 0 Å². The molecule has 16 heavy (non-hydrogen) atoms. The number of hydrogen-bond acceptors (Lipinski definition) is 1. The number of rotatable bonds is 4. The second kappa shape index (κ2) is 7.52. The van der Waals surface area contributed by atoms with Gasteiger partial charge in [0.2, 0.25) is 0 Å². The second-order valence-electron chi connectivity index (χ2n) is 3.87. The van der Waals surface area contributed by atoms with Gasteiger partial charge in [-0.15, -0.1) is 9.24 Å². The maximum atomic E-state index is 11.9. The van der Waals surface area contributed by atoms with Crippen LogP contribution in [0.2, 0.25) is 5.02 Å². The van der Waals surface area contributed by atoms with Crippen LogP contribution in [0.4, 0.5) is 0 Å². The molecule has 4 heteroatoms. The molecule has 2 atom stereocenters. The third-order valence-corrected chi connectivity index (χ3v) is 2.98. The molecule has 0 heterocycles. The average Bonchev–Trinajstić information content (AvgIpc) is 2.14. The Labute approximate surface area is 117 Å². The van der Waals surface area contributed by atoms with Gasteiger partial charge in [-0.1, -0.05) is 30.7 Å². The molecule has 1 aromatic carbocycles. The minimum absolute atomic E-state index is 0. The molecule has 0 saturated carbocycles. The van der Waals surface area contributed by atoms with Crippen molar-refractivity contribution < 1.29 is 4.79 Å². The number of Topliss-reactive ketones (excluding diaryl/α,β-unsaturated/α-hetero) is 1. The zero-order chi connectivity index (χ0) is 11.4. The van der Waals surface area contributed by atoms with E-state index >= 15 is 0 Å². The van der Waals surface area contributed by atoms with Gasteiger partial charge in [0, 0.05) is 12.0 Å². The summed E-state index contributed by atoms with van der Waals surface area (Å²) in [6, 6.07) is 5.56. The van der Waals surface area contributed by atoms with Crippen molar-refractivity contribution in [2.75, 3.05) is 0 Å². The van der Waals surface area contributed by atoms with E-state index in [0.29, 0.717) is 22.7 Å². The molecule has 0 bridgehead atoms. The molecule has 0 radical (unpaired) electrons. The van der Waals surface area contributed by atoms with Crippen molar-refractivity contribution in [3.05, 3.63) is 34.3 Å². The first-order valence-electron chi connectivity index (χ1n) is 5.06. The Morgan fingerprint density at radius 1 is 1.50 bits per heavy atom. The van der Waals surface area contributed by atoms with Crippen molar-refractivity contribution in [2.45, 2.75) is 32.3 Å². The first kappa shape index (κ1) is 16.2. The van der Waals surface area contributed by atoms with E-state index < -0.39 is 0 Å². The van der Waals surface area contributed by atoms with Crippen LogP contribution >= 0.6 is 20.8 Å². The Hall–Kier alpha value is 0.207. The maximum absolute atomic E-state index is 11.9. The van der Waals surface area contributed by atoms with E-state index in [0.717, 1.165) is 12.0 Å². The molecule has 0 fully saturated rings. The van der Waals surface area contributed by atoms with Gasteiger partial charge in [-0.05, 0) is 30.6 Å². The molecule has 0 aliphatic rings. The van der Waals surface area contributed by atoms with Crippen molar-refractivity contribution in [2.24, 2.45) is 0 Å². The number of aryl methyl sites for hydroxylation is 1. The van der Waals surface area contributed by atoms with Crippen LogP contribution < -0.4 is 0 Å². The molecule has 0 spiro atoms. The van der Waals surface area contributed by atoms with Gasteiger partial charge in [0.25, 0.3) is 0 Å². The summed E-state index contributed by atoms with van der Waals surface area (Å²) in [7, 11) is 2.70. The number of benzene rings is 1. The summed E-state index contributed by atoms with van der Waals surface area (Å²) >= 11 is 6.01.